The monoisotopic (exact) mass is 1360 g/mol. The van der Waals surface area contributed by atoms with Gasteiger partial charge in [0.1, 0.15) is 0 Å². The van der Waals surface area contributed by atoms with Crippen molar-refractivity contribution in [3.8, 4) is 89.5 Å². The molecule has 0 saturated carbocycles. The Balaban J connectivity index is 0.723. The summed E-state index contributed by atoms with van der Waals surface area (Å²) in [5.41, 5.74) is 37.0. The van der Waals surface area contributed by atoms with Gasteiger partial charge in [0.05, 0.1) is 49.8 Å². The van der Waals surface area contributed by atoms with Gasteiger partial charge in [-0.3, -0.25) is 0 Å². The first-order valence-electron chi connectivity index (χ1n) is 37.8. The van der Waals surface area contributed by atoms with Gasteiger partial charge in [-0.05, 0) is 227 Å². The molecular formula is C103H72N4. The Morgan fingerprint density at radius 1 is 0.187 bits per heavy atom. The third-order valence-electron chi connectivity index (χ3n) is 25.4. The SMILES string of the molecule is CC1(C)c2ccccc2-c2cc(-n3c4ccccc4c4cc(-c5ccc6c(c5)c5cc(-c7ccc8c9cc(-c%10ccc%11c(c%10)c%10ccccc%10n%11-c%10ccccc%10)ccc9n(-c9cccc%10c9-c9c(ccc%11ccccc9%11)C%10(C)C)c8c7)ccc5n6-c5ccc6c(c5)-c5ccccc5C6(C)C)ccc43)ccc21. The average Bonchev–Trinajstić information content (AvgIpc) is 1.53. The lowest BCUT2D eigenvalue weighted by Gasteiger charge is -2.22. The van der Waals surface area contributed by atoms with Gasteiger partial charge in [-0.1, -0.05) is 248 Å². The molecule has 0 bridgehead atoms. The van der Waals surface area contributed by atoms with Crippen molar-refractivity contribution in [2.45, 2.75) is 57.8 Å². The molecular weight excluding hydrogens is 1290 g/mol. The summed E-state index contributed by atoms with van der Waals surface area (Å²) in [6.07, 6.45) is 0. The summed E-state index contributed by atoms with van der Waals surface area (Å²) in [5.74, 6) is 0. The predicted octanol–water partition coefficient (Wildman–Crippen LogP) is 27.1. The summed E-state index contributed by atoms with van der Waals surface area (Å²) < 4.78 is 10.0. The van der Waals surface area contributed by atoms with Crippen molar-refractivity contribution in [3.05, 3.63) is 361 Å². The van der Waals surface area contributed by atoms with E-state index in [9.17, 15) is 0 Å². The van der Waals surface area contributed by atoms with E-state index >= 15 is 0 Å². The Morgan fingerprint density at radius 2 is 0.542 bits per heavy atom. The minimum Gasteiger partial charge on any atom is -0.309 e. The maximum atomic E-state index is 2.60. The van der Waals surface area contributed by atoms with Gasteiger partial charge in [-0.2, -0.15) is 0 Å². The first-order chi connectivity index (χ1) is 52.3. The van der Waals surface area contributed by atoms with Gasteiger partial charge in [0.25, 0.3) is 0 Å². The van der Waals surface area contributed by atoms with Crippen molar-refractivity contribution >= 4 is 98.0 Å². The first kappa shape index (κ1) is 60.4. The van der Waals surface area contributed by atoms with Crippen molar-refractivity contribution < 1.29 is 0 Å². The van der Waals surface area contributed by atoms with Crippen LogP contribution in [0.3, 0.4) is 0 Å². The Hall–Kier alpha value is -13.0. The molecule has 0 amide bonds. The third kappa shape index (κ3) is 8.27. The molecule has 0 spiro atoms. The summed E-state index contributed by atoms with van der Waals surface area (Å²) >= 11 is 0. The number of nitrogens with zero attached hydrogens (tertiary/aromatic N) is 4. The summed E-state index contributed by atoms with van der Waals surface area (Å²) in [6, 6.07) is 125. The van der Waals surface area contributed by atoms with Crippen LogP contribution in [0.4, 0.5) is 0 Å². The fraction of sp³-hybridized carbons (Fsp3) is 0.0874. The zero-order valence-corrected chi connectivity index (χ0v) is 60.5. The second kappa shape index (κ2) is 21.6. The second-order valence-electron chi connectivity index (χ2n) is 31.9. The fourth-order valence-electron chi connectivity index (χ4n) is 20.1. The highest BCUT2D eigenvalue weighted by atomic mass is 15.0. The standard InChI is InChI=1S/C103H72N4/c1-101(2)84-29-16-12-25-72(84)77-59-69(42-46-86(77)101)105-91-33-19-15-28-75(91)80-54-63(38-49-93(80)105)65-39-50-94-82(56-65)83-57-66(40-51-95(83)106(94)70-43-47-87-78(60-70)73-26-13-17-30-85(73)102(87,3)4)67-35-44-76-81-55-64(62-37-48-92-79(53-62)74-27-14-18-32-90(74)104(92)68-22-8-7-9-23-68)41-52-96(81)107(98(76)58-67)97-34-20-31-88-100(97)99-71-24-11-10-21-61(71)36-45-89(99)103(88,5)6/h7-60H,1-6H3. The average molecular weight is 1370 g/mol. The molecule has 107 heavy (non-hydrogen) atoms. The van der Waals surface area contributed by atoms with E-state index in [-0.39, 0.29) is 16.2 Å². The quantitative estimate of drug-likeness (QED) is 0.152. The minimum atomic E-state index is -0.221. The molecule has 3 aliphatic carbocycles. The van der Waals surface area contributed by atoms with Gasteiger partial charge >= 0.3 is 0 Å². The number of rotatable bonds is 7. The molecule has 0 saturated heterocycles. The normalized spacial score (nSPS) is 14.3. The molecule has 4 aromatic heterocycles. The zero-order chi connectivity index (χ0) is 71.1. The van der Waals surface area contributed by atoms with Crippen LogP contribution in [0.2, 0.25) is 0 Å². The number of hydrogen-bond donors (Lipinski definition) is 0. The summed E-state index contributed by atoms with van der Waals surface area (Å²) in [7, 11) is 0. The molecule has 23 rings (SSSR count). The van der Waals surface area contributed by atoms with E-state index < -0.39 is 0 Å². The predicted molar refractivity (Wildman–Crippen MR) is 450 cm³/mol. The van der Waals surface area contributed by atoms with Crippen molar-refractivity contribution in [2.24, 2.45) is 0 Å². The Labute approximate surface area is 620 Å². The first-order valence-corrected chi connectivity index (χ1v) is 37.8. The zero-order valence-electron chi connectivity index (χ0n) is 60.5. The maximum Gasteiger partial charge on any atom is 0.0547 e. The number of fused-ring (bicyclic) bond motifs is 23. The highest BCUT2D eigenvalue weighted by molar-refractivity contribution is 6.17. The molecule has 0 N–H and O–H groups in total. The molecule has 0 atom stereocenters. The summed E-state index contributed by atoms with van der Waals surface area (Å²) in [5, 5.41) is 12.4. The van der Waals surface area contributed by atoms with Crippen molar-refractivity contribution in [2.75, 3.05) is 0 Å². The number of hydrogen-bond acceptors (Lipinski definition) is 0. The Morgan fingerprint density at radius 3 is 1.07 bits per heavy atom. The highest BCUT2D eigenvalue weighted by Crippen LogP contribution is 2.56. The molecule has 0 radical (unpaired) electrons. The lowest BCUT2D eigenvalue weighted by Crippen LogP contribution is -2.15. The molecule has 504 valence electrons. The number of para-hydroxylation sites is 3. The van der Waals surface area contributed by atoms with Crippen LogP contribution >= 0.6 is 0 Å². The van der Waals surface area contributed by atoms with Crippen LogP contribution in [0, 0.1) is 0 Å². The van der Waals surface area contributed by atoms with E-state index in [2.05, 4.69) is 387 Å². The van der Waals surface area contributed by atoms with E-state index in [4.69, 9.17) is 0 Å². The van der Waals surface area contributed by atoms with Crippen LogP contribution in [-0.4, -0.2) is 18.3 Å². The molecule has 4 heteroatoms. The third-order valence-corrected chi connectivity index (χ3v) is 25.4. The Bertz CT molecular complexity index is 7340. The molecule has 4 nitrogen and oxygen atoms in total. The van der Waals surface area contributed by atoms with E-state index in [1.165, 1.54) is 198 Å². The van der Waals surface area contributed by atoms with Crippen LogP contribution in [0.25, 0.3) is 188 Å². The van der Waals surface area contributed by atoms with E-state index in [0.29, 0.717) is 0 Å². The van der Waals surface area contributed by atoms with Gasteiger partial charge in [-0.25, -0.2) is 0 Å². The second-order valence-corrected chi connectivity index (χ2v) is 31.9. The van der Waals surface area contributed by atoms with E-state index in [0.717, 1.165) is 22.5 Å². The number of aromatic nitrogens is 4. The van der Waals surface area contributed by atoms with Crippen molar-refractivity contribution in [1.29, 1.82) is 0 Å². The molecule has 16 aromatic carbocycles. The highest BCUT2D eigenvalue weighted by Gasteiger charge is 2.40. The lowest BCUT2D eigenvalue weighted by atomic mass is 9.82. The Kier molecular flexibility index (Phi) is 12.2. The topological polar surface area (TPSA) is 19.7 Å². The fourth-order valence-corrected chi connectivity index (χ4v) is 20.1. The smallest absolute Gasteiger partial charge is 0.0547 e. The maximum absolute atomic E-state index is 2.60. The van der Waals surface area contributed by atoms with E-state index in [1.54, 1.807) is 0 Å². The van der Waals surface area contributed by atoms with Gasteiger partial charge < -0.3 is 18.3 Å². The summed E-state index contributed by atoms with van der Waals surface area (Å²) in [4.78, 5) is 0. The van der Waals surface area contributed by atoms with Gasteiger partial charge in [0.15, 0.2) is 0 Å². The molecule has 0 fully saturated rings. The minimum absolute atomic E-state index is 0.0683. The van der Waals surface area contributed by atoms with Crippen LogP contribution in [0.5, 0.6) is 0 Å². The van der Waals surface area contributed by atoms with Crippen LogP contribution in [0.1, 0.15) is 74.9 Å². The van der Waals surface area contributed by atoms with Gasteiger partial charge in [-0.15, -0.1) is 0 Å². The molecule has 3 aliphatic rings. The molecule has 20 aromatic rings. The van der Waals surface area contributed by atoms with Crippen LogP contribution < -0.4 is 0 Å². The number of benzene rings is 16. The van der Waals surface area contributed by atoms with Crippen LogP contribution in [0.15, 0.2) is 328 Å². The van der Waals surface area contributed by atoms with E-state index in [1.807, 2.05) is 0 Å². The lowest BCUT2D eigenvalue weighted by molar-refractivity contribution is 0.660. The summed E-state index contributed by atoms with van der Waals surface area (Å²) in [6.45, 7) is 14.3. The van der Waals surface area contributed by atoms with Crippen molar-refractivity contribution in [1.82, 2.24) is 18.3 Å². The largest absolute Gasteiger partial charge is 0.309 e. The molecule has 4 heterocycles. The van der Waals surface area contributed by atoms with Gasteiger partial charge in [0.2, 0.25) is 0 Å². The van der Waals surface area contributed by atoms with Crippen molar-refractivity contribution in [3.63, 3.8) is 0 Å². The molecule has 0 unspecified atom stereocenters. The van der Waals surface area contributed by atoms with Crippen LogP contribution in [-0.2, 0) is 16.2 Å². The molecule has 0 aliphatic heterocycles. The van der Waals surface area contributed by atoms with Gasteiger partial charge in [0, 0.05) is 82.0 Å².